The van der Waals surface area contributed by atoms with Crippen molar-refractivity contribution < 1.29 is 5.11 Å². The second-order valence-corrected chi connectivity index (χ2v) is 4.61. The predicted octanol–water partition coefficient (Wildman–Crippen LogP) is 1.55. The van der Waals surface area contributed by atoms with Crippen LogP contribution < -0.4 is 10.9 Å². The molecule has 106 valence electrons. The van der Waals surface area contributed by atoms with Crippen molar-refractivity contribution in [1.82, 2.24) is 9.97 Å². The van der Waals surface area contributed by atoms with Gasteiger partial charge in [-0.2, -0.15) is 0 Å². The molecule has 0 aliphatic carbocycles. The van der Waals surface area contributed by atoms with Gasteiger partial charge in [-0.15, -0.1) is 0 Å². The maximum Gasteiger partial charge on any atom is 0.252 e. The molecule has 0 aliphatic rings. The number of H-pyrrole nitrogens is 1. The average molecular weight is 273 g/mol. The lowest BCUT2D eigenvalue weighted by Crippen LogP contribution is -2.15. The van der Waals surface area contributed by atoms with Crippen LogP contribution in [0, 0.1) is 0 Å². The van der Waals surface area contributed by atoms with Crippen molar-refractivity contribution >= 4 is 5.95 Å². The van der Waals surface area contributed by atoms with Gasteiger partial charge in [0.05, 0.1) is 5.69 Å². The van der Waals surface area contributed by atoms with Gasteiger partial charge in [0.1, 0.15) is 0 Å². The minimum atomic E-state index is -0.157. The van der Waals surface area contributed by atoms with E-state index in [0.717, 1.165) is 24.1 Å². The molecule has 0 radical (unpaired) electrons. The van der Waals surface area contributed by atoms with Crippen molar-refractivity contribution in [2.24, 2.45) is 0 Å². The van der Waals surface area contributed by atoms with Crippen molar-refractivity contribution in [2.75, 3.05) is 18.5 Å². The molecule has 0 saturated heterocycles. The zero-order chi connectivity index (χ0) is 14.2. The summed E-state index contributed by atoms with van der Waals surface area (Å²) in [6.45, 7) is 0.859. The van der Waals surface area contributed by atoms with E-state index in [0.29, 0.717) is 18.9 Å². The molecule has 1 aromatic heterocycles. The van der Waals surface area contributed by atoms with E-state index in [-0.39, 0.29) is 12.2 Å². The summed E-state index contributed by atoms with van der Waals surface area (Å²) < 4.78 is 0. The van der Waals surface area contributed by atoms with Crippen LogP contribution in [0.1, 0.15) is 24.1 Å². The quantitative estimate of drug-likeness (QED) is 0.669. The third-order valence-electron chi connectivity index (χ3n) is 2.90. The van der Waals surface area contributed by atoms with Crippen LogP contribution in [0.2, 0.25) is 0 Å². The first-order valence-electron chi connectivity index (χ1n) is 6.77. The van der Waals surface area contributed by atoms with E-state index in [2.05, 4.69) is 15.3 Å². The van der Waals surface area contributed by atoms with E-state index in [1.165, 1.54) is 6.07 Å². The summed E-state index contributed by atoms with van der Waals surface area (Å²) in [5, 5.41) is 11.8. The number of rotatable bonds is 7. The second kappa shape index (κ2) is 7.45. The number of aromatic amines is 1. The van der Waals surface area contributed by atoms with Crippen molar-refractivity contribution in [3.8, 4) is 0 Å². The van der Waals surface area contributed by atoms with E-state index >= 15 is 0 Å². The Morgan fingerprint density at radius 3 is 2.75 bits per heavy atom. The van der Waals surface area contributed by atoms with E-state index in [1.54, 1.807) is 0 Å². The van der Waals surface area contributed by atoms with Gasteiger partial charge < -0.3 is 10.4 Å². The average Bonchev–Trinajstić information content (AvgIpc) is 2.44. The molecule has 0 fully saturated rings. The summed E-state index contributed by atoms with van der Waals surface area (Å²) in [5.41, 5.74) is 1.71. The van der Waals surface area contributed by atoms with Crippen molar-refractivity contribution in [1.29, 1.82) is 0 Å². The zero-order valence-electron chi connectivity index (χ0n) is 11.3. The number of benzene rings is 1. The Kier molecular flexibility index (Phi) is 5.32. The van der Waals surface area contributed by atoms with E-state index in [9.17, 15) is 4.79 Å². The fourth-order valence-corrected chi connectivity index (χ4v) is 1.93. The lowest BCUT2D eigenvalue weighted by Gasteiger charge is -2.07. The number of nitrogens with zero attached hydrogens (tertiary/aromatic N) is 1. The summed E-state index contributed by atoms with van der Waals surface area (Å²) in [4.78, 5) is 18.7. The number of aromatic nitrogens is 2. The molecule has 1 heterocycles. The van der Waals surface area contributed by atoms with Crippen molar-refractivity contribution in [3.05, 3.63) is 58.0 Å². The van der Waals surface area contributed by atoms with E-state index < -0.39 is 0 Å². The number of unbranched alkanes of at least 4 members (excludes halogenated alkanes) is 1. The monoisotopic (exact) mass is 273 g/mol. The third kappa shape index (κ3) is 4.51. The fraction of sp³-hybridized carbons (Fsp3) is 0.333. The van der Waals surface area contributed by atoms with Gasteiger partial charge in [0.25, 0.3) is 5.56 Å². The molecule has 0 aliphatic heterocycles. The minimum Gasteiger partial charge on any atom is -0.396 e. The molecule has 3 N–H and O–H groups in total. The van der Waals surface area contributed by atoms with Crippen LogP contribution in [-0.2, 0) is 6.42 Å². The molecule has 1 aromatic carbocycles. The molecule has 0 saturated carbocycles. The fourth-order valence-electron chi connectivity index (χ4n) is 1.93. The highest BCUT2D eigenvalue weighted by atomic mass is 16.2. The maximum absolute atomic E-state index is 11.6. The first kappa shape index (κ1) is 14.3. The number of anilines is 1. The zero-order valence-corrected chi connectivity index (χ0v) is 11.3. The number of hydrogen-bond acceptors (Lipinski definition) is 4. The van der Waals surface area contributed by atoms with Crippen LogP contribution in [0.15, 0.2) is 41.2 Å². The SMILES string of the molecule is O=c1cc(Cc2ccccc2)nc(NCCCCO)[nH]1. The largest absolute Gasteiger partial charge is 0.396 e. The Bertz CT molecular complexity index is 581. The summed E-state index contributed by atoms with van der Waals surface area (Å²) in [5.74, 6) is 0.487. The Hall–Kier alpha value is -2.14. The normalized spacial score (nSPS) is 10.4. The highest BCUT2D eigenvalue weighted by Gasteiger charge is 2.02. The van der Waals surface area contributed by atoms with Gasteiger partial charge in [-0.25, -0.2) is 4.98 Å². The number of hydrogen-bond donors (Lipinski definition) is 3. The molecule has 5 nitrogen and oxygen atoms in total. The highest BCUT2D eigenvalue weighted by molar-refractivity contribution is 5.28. The van der Waals surface area contributed by atoms with Crippen LogP contribution in [0.5, 0.6) is 0 Å². The topological polar surface area (TPSA) is 78.0 Å². The Balaban J connectivity index is 2.03. The third-order valence-corrected chi connectivity index (χ3v) is 2.90. The van der Waals surface area contributed by atoms with Gasteiger partial charge in [-0.1, -0.05) is 30.3 Å². The smallest absolute Gasteiger partial charge is 0.252 e. The van der Waals surface area contributed by atoms with E-state index in [4.69, 9.17) is 5.11 Å². The van der Waals surface area contributed by atoms with Gasteiger partial charge in [-0.3, -0.25) is 9.78 Å². The number of nitrogens with one attached hydrogen (secondary N) is 2. The molecule has 0 atom stereocenters. The van der Waals surface area contributed by atoms with Crippen LogP contribution >= 0.6 is 0 Å². The van der Waals surface area contributed by atoms with Crippen molar-refractivity contribution in [3.63, 3.8) is 0 Å². The summed E-state index contributed by atoms with van der Waals surface area (Å²) >= 11 is 0. The first-order valence-corrected chi connectivity index (χ1v) is 6.77. The van der Waals surface area contributed by atoms with Gasteiger partial charge in [0.15, 0.2) is 0 Å². The molecule has 0 unspecified atom stereocenters. The molecule has 5 heteroatoms. The lowest BCUT2D eigenvalue weighted by molar-refractivity contribution is 0.286. The molecular weight excluding hydrogens is 254 g/mol. The molecule has 20 heavy (non-hydrogen) atoms. The van der Waals surface area contributed by atoms with Crippen molar-refractivity contribution in [2.45, 2.75) is 19.3 Å². The minimum absolute atomic E-state index is 0.157. The Morgan fingerprint density at radius 2 is 2.00 bits per heavy atom. The Morgan fingerprint density at radius 1 is 1.20 bits per heavy atom. The van der Waals surface area contributed by atoms with Gasteiger partial charge in [-0.05, 0) is 18.4 Å². The summed E-state index contributed by atoms with van der Waals surface area (Å²) in [7, 11) is 0. The standard InChI is InChI=1S/C15H19N3O2/c19-9-5-4-8-16-15-17-13(11-14(20)18-15)10-12-6-2-1-3-7-12/h1-3,6-7,11,19H,4-5,8-10H2,(H2,16,17,18,20). The molecule has 0 bridgehead atoms. The molecule has 2 rings (SSSR count). The summed E-state index contributed by atoms with van der Waals surface area (Å²) in [6, 6.07) is 11.4. The van der Waals surface area contributed by atoms with Gasteiger partial charge in [0.2, 0.25) is 5.95 Å². The first-order chi connectivity index (χ1) is 9.78. The van der Waals surface area contributed by atoms with Crippen LogP contribution in [0.4, 0.5) is 5.95 Å². The van der Waals surface area contributed by atoms with Gasteiger partial charge in [0, 0.05) is 25.6 Å². The second-order valence-electron chi connectivity index (χ2n) is 4.61. The predicted molar refractivity (Wildman–Crippen MR) is 78.9 cm³/mol. The van der Waals surface area contributed by atoms with Crippen LogP contribution in [-0.4, -0.2) is 28.2 Å². The van der Waals surface area contributed by atoms with Crippen LogP contribution in [0.25, 0.3) is 0 Å². The number of aliphatic hydroxyl groups excluding tert-OH is 1. The van der Waals surface area contributed by atoms with Crippen LogP contribution in [0.3, 0.4) is 0 Å². The summed E-state index contributed by atoms with van der Waals surface area (Å²) in [6.07, 6.45) is 2.21. The highest BCUT2D eigenvalue weighted by Crippen LogP contribution is 2.06. The number of aliphatic hydroxyl groups is 1. The van der Waals surface area contributed by atoms with E-state index in [1.807, 2.05) is 30.3 Å². The van der Waals surface area contributed by atoms with Gasteiger partial charge >= 0.3 is 0 Å². The molecular formula is C15H19N3O2. The molecule has 0 spiro atoms. The molecule has 2 aromatic rings. The molecule has 0 amide bonds. The lowest BCUT2D eigenvalue weighted by atomic mass is 10.1. The maximum atomic E-state index is 11.6. The Labute approximate surface area is 117 Å².